The van der Waals surface area contributed by atoms with Crippen molar-refractivity contribution in [3.8, 4) is 5.75 Å². The molecule has 26 heavy (non-hydrogen) atoms. The number of nitrogens with one attached hydrogen (secondary N) is 1. The molecule has 0 saturated heterocycles. The third-order valence-electron chi connectivity index (χ3n) is 3.50. The second-order valence-electron chi connectivity index (χ2n) is 5.28. The number of carbonyl (C=O) groups excluding carboxylic acids is 1. The summed E-state index contributed by atoms with van der Waals surface area (Å²) in [6, 6.07) is 7.01. The number of nitrogens with zero attached hydrogens (tertiary/aromatic N) is 4. The molecule has 0 spiro atoms. The van der Waals surface area contributed by atoms with E-state index in [0.717, 1.165) is 5.75 Å². The van der Waals surface area contributed by atoms with E-state index in [1.165, 1.54) is 28.9 Å². The monoisotopic (exact) mass is 371 g/mol. The smallest absolute Gasteiger partial charge is 0.264 e. The van der Waals surface area contributed by atoms with Crippen LogP contribution in [0.4, 0.5) is 5.69 Å². The van der Waals surface area contributed by atoms with Crippen LogP contribution in [0.25, 0.3) is 11.0 Å². The van der Waals surface area contributed by atoms with Crippen molar-refractivity contribution in [2.45, 2.75) is 18.6 Å². The van der Waals surface area contributed by atoms with E-state index in [1.54, 1.807) is 24.3 Å². The summed E-state index contributed by atoms with van der Waals surface area (Å²) in [7, 11) is 0. The van der Waals surface area contributed by atoms with E-state index in [9.17, 15) is 9.59 Å². The summed E-state index contributed by atoms with van der Waals surface area (Å²) in [5, 5.41) is 3.55. The molecule has 0 unspecified atom stereocenters. The molecule has 2 heterocycles. The highest BCUT2D eigenvalue weighted by atomic mass is 32.2. The summed E-state index contributed by atoms with van der Waals surface area (Å²) in [5.41, 5.74) is 0.579. The van der Waals surface area contributed by atoms with Crippen molar-refractivity contribution in [2.24, 2.45) is 0 Å². The highest BCUT2D eigenvalue weighted by Crippen LogP contribution is 2.15. The van der Waals surface area contributed by atoms with Crippen LogP contribution in [-0.2, 0) is 11.3 Å². The van der Waals surface area contributed by atoms with Crippen LogP contribution in [0.1, 0.15) is 6.92 Å². The second kappa shape index (κ2) is 7.96. The molecule has 9 heteroatoms. The molecule has 2 aromatic heterocycles. The molecule has 0 aliphatic rings. The molecule has 8 nitrogen and oxygen atoms in total. The van der Waals surface area contributed by atoms with E-state index in [2.05, 4.69) is 20.3 Å². The SMILES string of the molecule is CCOc1ccc(NC(=O)Cn2cnc3nc(SC)ncc3c2=O)cc1. The third kappa shape index (κ3) is 3.99. The molecule has 1 N–H and O–H groups in total. The van der Waals surface area contributed by atoms with E-state index in [4.69, 9.17) is 4.74 Å². The Morgan fingerprint density at radius 3 is 2.73 bits per heavy atom. The Balaban J connectivity index is 1.74. The number of thioether (sulfide) groups is 1. The fourth-order valence-corrected chi connectivity index (χ4v) is 2.64. The molecule has 1 amide bonds. The van der Waals surface area contributed by atoms with Crippen LogP contribution in [0.2, 0.25) is 0 Å². The van der Waals surface area contributed by atoms with Gasteiger partial charge in [0.05, 0.1) is 6.61 Å². The first-order chi connectivity index (χ1) is 12.6. The average molecular weight is 371 g/mol. The fourth-order valence-electron chi connectivity index (χ4n) is 2.31. The molecule has 0 bridgehead atoms. The Bertz CT molecular complexity index is 988. The highest BCUT2D eigenvalue weighted by Gasteiger charge is 2.10. The Morgan fingerprint density at radius 1 is 1.27 bits per heavy atom. The number of hydrogen-bond acceptors (Lipinski definition) is 7. The van der Waals surface area contributed by atoms with Gasteiger partial charge < -0.3 is 10.1 Å². The van der Waals surface area contributed by atoms with Crippen molar-refractivity contribution in [2.75, 3.05) is 18.2 Å². The third-order valence-corrected chi connectivity index (χ3v) is 4.06. The van der Waals surface area contributed by atoms with Gasteiger partial charge in [0.25, 0.3) is 5.56 Å². The zero-order chi connectivity index (χ0) is 18.5. The standard InChI is InChI=1S/C17H17N5O3S/c1-3-25-12-6-4-11(5-7-12)20-14(23)9-22-10-19-15-13(16(22)24)8-18-17(21-15)26-2/h4-8,10H,3,9H2,1-2H3,(H,20,23). The lowest BCUT2D eigenvalue weighted by Crippen LogP contribution is -2.28. The molecular weight excluding hydrogens is 354 g/mol. The fraction of sp³-hybridized carbons (Fsp3) is 0.235. The lowest BCUT2D eigenvalue weighted by molar-refractivity contribution is -0.116. The maximum atomic E-state index is 12.5. The largest absolute Gasteiger partial charge is 0.494 e. The molecule has 134 valence electrons. The van der Waals surface area contributed by atoms with E-state index in [0.29, 0.717) is 23.1 Å². The highest BCUT2D eigenvalue weighted by molar-refractivity contribution is 7.98. The van der Waals surface area contributed by atoms with Gasteiger partial charge in [-0.25, -0.2) is 15.0 Å². The predicted octanol–water partition coefficient (Wildman–Crippen LogP) is 1.95. The predicted molar refractivity (Wildman–Crippen MR) is 99.6 cm³/mol. The number of aromatic nitrogens is 4. The van der Waals surface area contributed by atoms with Gasteiger partial charge in [-0.1, -0.05) is 11.8 Å². The molecule has 0 aliphatic heterocycles. The molecule has 1 aromatic carbocycles. The van der Waals surface area contributed by atoms with E-state index in [-0.39, 0.29) is 23.4 Å². The maximum absolute atomic E-state index is 12.5. The Morgan fingerprint density at radius 2 is 2.04 bits per heavy atom. The molecule has 0 aliphatic carbocycles. The summed E-state index contributed by atoms with van der Waals surface area (Å²) in [6.45, 7) is 2.32. The van der Waals surface area contributed by atoms with E-state index >= 15 is 0 Å². The van der Waals surface area contributed by atoms with Gasteiger partial charge in [-0.2, -0.15) is 0 Å². The first-order valence-electron chi connectivity index (χ1n) is 7.89. The number of carbonyl (C=O) groups is 1. The minimum absolute atomic E-state index is 0.154. The van der Waals surface area contributed by atoms with Crippen molar-refractivity contribution in [1.29, 1.82) is 0 Å². The van der Waals surface area contributed by atoms with Gasteiger partial charge in [0, 0.05) is 11.9 Å². The number of hydrogen-bond donors (Lipinski definition) is 1. The second-order valence-corrected chi connectivity index (χ2v) is 6.05. The van der Waals surface area contributed by atoms with Gasteiger partial charge in [-0.3, -0.25) is 14.2 Å². The lowest BCUT2D eigenvalue weighted by atomic mass is 10.3. The number of amides is 1. The molecule has 0 atom stereocenters. The molecular formula is C17H17N5O3S. The van der Waals surface area contributed by atoms with Crippen LogP contribution in [0.15, 0.2) is 46.7 Å². The zero-order valence-corrected chi connectivity index (χ0v) is 15.1. The normalized spacial score (nSPS) is 10.7. The first-order valence-corrected chi connectivity index (χ1v) is 9.12. The van der Waals surface area contributed by atoms with Crippen molar-refractivity contribution < 1.29 is 9.53 Å². The number of fused-ring (bicyclic) bond motifs is 1. The number of anilines is 1. The number of ether oxygens (including phenoxy) is 1. The number of benzene rings is 1. The zero-order valence-electron chi connectivity index (χ0n) is 14.3. The summed E-state index contributed by atoms with van der Waals surface area (Å²) in [5.74, 6) is 0.393. The quantitative estimate of drug-likeness (QED) is 0.522. The lowest BCUT2D eigenvalue weighted by Gasteiger charge is -2.09. The van der Waals surface area contributed by atoms with Gasteiger partial charge in [-0.05, 0) is 37.4 Å². The summed E-state index contributed by atoms with van der Waals surface area (Å²) in [6.07, 6.45) is 4.59. The molecule has 0 fully saturated rings. The van der Waals surface area contributed by atoms with Gasteiger partial charge in [0.15, 0.2) is 10.8 Å². The summed E-state index contributed by atoms with van der Waals surface area (Å²) in [4.78, 5) is 37.1. The van der Waals surface area contributed by atoms with Gasteiger partial charge >= 0.3 is 0 Å². The van der Waals surface area contributed by atoms with Gasteiger partial charge in [-0.15, -0.1) is 0 Å². The Kier molecular flexibility index (Phi) is 5.47. The maximum Gasteiger partial charge on any atom is 0.264 e. The van der Waals surface area contributed by atoms with Gasteiger partial charge in [0.2, 0.25) is 5.91 Å². The van der Waals surface area contributed by atoms with E-state index < -0.39 is 0 Å². The van der Waals surface area contributed by atoms with Crippen LogP contribution >= 0.6 is 11.8 Å². The molecule has 0 radical (unpaired) electrons. The average Bonchev–Trinajstić information content (AvgIpc) is 2.65. The van der Waals surface area contributed by atoms with Crippen LogP contribution in [0.5, 0.6) is 5.75 Å². The molecule has 0 saturated carbocycles. The van der Waals surface area contributed by atoms with Crippen molar-refractivity contribution in [3.05, 3.63) is 47.1 Å². The Hall–Kier alpha value is -2.94. The van der Waals surface area contributed by atoms with Crippen LogP contribution in [-0.4, -0.2) is 38.3 Å². The van der Waals surface area contributed by atoms with Crippen molar-refractivity contribution in [3.63, 3.8) is 0 Å². The Labute approximate surface area is 153 Å². The molecule has 3 aromatic rings. The summed E-state index contributed by atoms with van der Waals surface area (Å²) < 4.78 is 6.59. The first kappa shape index (κ1) is 17.9. The van der Waals surface area contributed by atoms with E-state index in [1.807, 2.05) is 13.2 Å². The molecule has 3 rings (SSSR count). The minimum Gasteiger partial charge on any atom is -0.494 e. The van der Waals surface area contributed by atoms with Crippen LogP contribution in [0.3, 0.4) is 0 Å². The topological polar surface area (TPSA) is 99.0 Å². The summed E-state index contributed by atoms with van der Waals surface area (Å²) >= 11 is 1.37. The van der Waals surface area contributed by atoms with Crippen molar-refractivity contribution >= 4 is 34.4 Å². The van der Waals surface area contributed by atoms with Crippen LogP contribution < -0.4 is 15.6 Å². The number of rotatable bonds is 6. The van der Waals surface area contributed by atoms with Gasteiger partial charge in [0.1, 0.15) is 24.0 Å². The van der Waals surface area contributed by atoms with Crippen LogP contribution in [0, 0.1) is 0 Å². The van der Waals surface area contributed by atoms with Crippen molar-refractivity contribution in [1.82, 2.24) is 19.5 Å². The minimum atomic E-state index is -0.357.